The third-order valence-corrected chi connectivity index (χ3v) is 4.78. The Kier molecular flexibility index (Phi) is 4.95. The molecular formula is C16H17ClN4OS. The Hall–Kier alpha value is -1.89. The van der Waals surface area contributed by atoms with E-state index in [0.717, 1.165) is 24.5 Å². The molecule has 0 saturated carbocycles. The molecule has 0 bridgehead atoms. The number of amides is 1. The van der Waals surface area contributed by atoms with Crippen molar-refractivity contribution in [3.05, 3.63) is 53.1 Å². The second kappa shape index (κ2) is 7.12. The number of rotatable bonds is 4. The lowest BCUT2D eigenvalue weighted by molar-refractivity contribution is 0.102. The molecule has 2 aromatic carbocycles. The number of nitrogens with zero attached hydrogens (tertiary/aromatic N) is 1. The van der Waals surface area contributed by atoms with Crippen LogP contribution in [0.2, 0.25) is 5.02 Å². The quantitative estimate of drug-likeness (QED) is 0.737. The molecule has 7 heteroatoms. The van der Waals surface area contributed by atoms with E-state index in [2.05, 4.69) is 19.7 Å². The summed E-state index contributed by atoms with van der Waals surface area (Å²) >= 11 is 7.62. The smallest absolute Gasteiger partial charge is 0.255 e. The summed E-state index contributed by atoms with van der Waals surface area (Å²) in [6.45, 7) is 1.91. The molecule has 1 aliphatic heterocycles. The number of anilines is 3. The molecule has 1 amide bonds. The SMILES string of the molecule is CNc1cc(NC(=O)c2ccc(N3CCNS3)cc2)ccc1Cl. The van der Waals surface area contributed by atoms with E-state index in [9.17, 15) is 4.79 Å². The molecule has 1 heterocycles. The molecule has 5 nitrogen and oxygen atoms in total. The fourth-order valence-electron chi connectivity index (χ4n) is 2.28. The minimum absolute atomic E-state index is 0.145. The lowest BCUT2D eigenvalue weighted by Gasteiger charge is -2.15. The Labute approximate surface area is 144 Å². The lowest BCUT2D eigenvalue weighted by atomic mass is 10.2. The van der Waals surface area contributed by atoms with Crippen LogP contribution >= 0.6 is 23.7 Å². The van der Waals surface area contributed by atoms with E-state index in [-0.39, 0.29) is 5.91 Å². The van der Waals surface area contributed by atoms with Crippen LogP contribution in [0.3, 0.4) is 0 Å². The van der Waals surface area contributed by atoms with Crippen molar-refractivity contribution in [1.82, 2.24) is 4.72 Å². The predicted octanol–water partition coefficient (Wildman–Crippen LogP) is 3.61. The number of carbonyl (C=O) groups excluding carboxylic acids is 1. The first-order chi connectivity index (χ1) is 11.2. The number of benzene rings is 2. The van der Waals surface area contributed by atoms with Crippen molar-refractivity contribution < 1.29 is 4.79 Å². The molecule has 0 spiro atoms. The number of hydrogen-bond acceptors (Lipinski definition) is 5. The number of nitrogens with one attached hydrogen (secondary N) is 3. The summed E-state index contributed by atoms with van der Waals surface area (Å²) in [6, 6.07) is 12.9. The average Bonchev–Trinajstić information content (AvgIpc) is 3.11. The van der Waals surface area contributed by atoms with Gasteiger partial charge in [0.25, 0.3) is 5.91 Å². The summed E-state index contributed by atoms with van der Waals surface area (Å²) < 4.78 is 5.36. The van der Waals surface area contributed by atoms with Gasteiger partial charge in [-0.1, -0.05) is 11.6 Å². The second-order valence-corrected chi connectivity index (χ2v) is 6.35. The molecule has 1 saturated heterocycles. The standard InChI is InChI=1S/C16H17ClN4OS/c1-18-15-10-12(4-7-14(15)17)20-16(22)11-2-5-13(6-3-11)21-9-8-19-23-21/h2-7,10,18-19H,8-9H2,1H3,(H,20,22). The summed E-state index contributed by atoms with van der Waals surface area (Å²) in [5, 5.41) is 6.49. The monoisotopic (exact) mass is 348 g/mol. The van der Waals surface area contributed by atoms with E-state index < -0.39 is 0 Å². The molecule has 0 radical (unpaired) electrons. The highest BCUT2D eigenvalue weighted by Gasteiger charge is 2.14. The normalized spacial score (nSPS) is 13.9. The Bertz CT molecular complexity index is 702. The molecule has 3 N–H and O–H groups in total. The first kappa shape index (κ1) is 16.0. The van der Waals surface area contributed by atoms with Crippen molar-refractivity contribution in [1.29, 1.82) is 0 Å². The van der Waals surface area contributed by atoms with E-state index in [1.807, 2.05) is 24.3 Å². The average molecular weight is 349 g/mol. The minimum atomic E-state index is -0.145. The molecular weight excluding hydrogens is 332 g/mol. The highest BCUT2D eigenvalue weighted by molar-refractivity contribution is 7.99. The molecule has 3 rings (SSSR count). The van der Waals surface area contributed by atoms with Gasteiger partial charge in [0.05, 0.1) is 10.7 Å². The zero-order chi connectivity index (χ0) is 16.2. The lowest BCUT2D eigenvalue weighted by Crippen LogP contribution is -2.13. The maximum Gasteiger partial charge on any atom is 0.255 e. The number of halogens is 1. The zero-order valence-electron chi connectivity index (χ0n) is 12.6. The van der Waals surface area contributed by atoms with Crippen molar-refractivity contribution in [2.24, 2.45) is 0 Å². The molecule has 1 fully saturated rings. The van der Waals surface area contributed by atoms with Crippen LogP contribution in [-0.2, 0) is 0 Å². The zero-order valence-corrected chi connectivity index (χ0v) is 14.2. The molecule has 23 heavy (non-hydrogen) atoms. The first-order valence-corrected chi connectivity index (χ1v) is 8.38. The summed E-state index contributed by atoms with van der Waals surface area (Å²) in [6.07, 6.45) is 0. The highest BCUT2D eigenvalue weighted by Crippen LogP contribution is 2.26. The van der Waals surface area contributed by atoms with Gasteiger partial charge in [-0.15, -0.1) is 0 Å². The molecule has 1 aliphatic rings. The van der Waals surface area contributed by atoms with Gasteiger partial charge in [-0.05, 0) is 42.5 Å². The van der Waals surface area contributed by atoms with Crippen molar-refractivity contribution >= 4 is 46.7 Å². The molecule has 120 valence electrons. The number of hydrogen-bond donors (Lipinski definition) is 3. The fraction of sp³-hybridized carbons (Fsp3) is 0.188. The van der Waals surface area contributed by atoms with Crippen molar-refractivity contribution in [3.8, 4) is 0 Å². The summed E-state index contributed by atoms with van der Waals surface area (Å²) in [4.78, 5) is 12.3. The Morgan fingerprint density at radius 2 is 2.04 bits per heavy atom. The van der Waals surface area contributed by atoms with Crippen molar-refractivity contribution in [3.63, 3.8) is 0 Å². The van der Waals surface area contributed by atoms with Gasteiger partial charge in [-0.2, -0.15) is 0 Å². The van der Waals surface area contributed by atoms with E-state index in [1.165, 1.54) is 0 Å². The van der Waals surface area contributed by atoms with Crippen molar-refractivity contribution in [2.75, 3.05) is 35.1 Å². The number of carbonyl (C=O) groups is 1. The fourth-order valence-corrected chi connectivity index (χ4v) is 3.24. The van der Waals surface area contributed by atoms with Gasteiger partial charge in [0.2, 0.25) is 0 Å². The van der Waals surface area contributed by atoms with Gasteiger partial charge in [0, 0.05) is 49.2 Å². The topological polar surface area (TPSA) is 56.4 Å². The largest absolute Gasteiger partial charge is 0.387 e. The van der Waals surface area contributed by atoms with Crippen molar-refractivity contribution in [2.45, 2.75) is 0 Å². The summed E-state index contributed by atoms with van der Waals surface area (Å²) in [5.41, 5.74) is 3.18. The van der Waals surface area contributed by atoms with Gasteiger partial charge in [-0.25, -0.2) is 4.72 Å². The van der Waals surface area contributed by atoms with Gasteiger partial charge in [0.1, 0.15) is 0 Å². The van der Waals surface area contributed by atoms with E-state index in [4.69, 9.17) is 11.6 Å². The van der Waals surface area contributed by atoms with E-state index in [1.54, 1.807) is 37.4 Å². The van der Waals surface area contributed by atoms with Crippen LogP contribution in [0.4, 0.5) is 17.1 Å². The van der Waals surface area contributed by atoms with Crippen LogP contribution in [-0.4, -0.2) is 26.0 Å². The Balaban J connectivity index is 1.70. The maximum atomic E-state index is 12.3. The van der Waals surface area contributed by atoms with Gasteiger partial charge in [0.15, 0.2) is 0 Å². The highest BCUT2D eigenvalue weighted by atomic mass is 35.5. The van der Waals surface area contributed by atoms with E-state index >= 15 is 0 Å². The summed E-state index contributed by atoms with van der Waals surface area (Å²) in [7, 11) is 1.79. The molecule has 0 atom stereocenters. The van der Waals surface area contributed by atoms with Crippen LogP contribution in [0.5, 0.6) is 0 Å². The van der Waals surface area contributed by atoms with Gasteiger partial charge < -0.3 is 14.9 Å². The molecule has 0 unspecified atom stereocenters. The van der Waals surface area contributed by atoms with Crippen LogP contribution in [0.25, 0.3) is 0 Å². The second-order valence-electron chi connectivity index (χ2n) is 5.03. The van der Waals surface area contributed by atoms with Crippen LogP contribution in [0.15, 0.2) is 42.5 Å². The molecule has 0 aromatic heterocycles. The van der Waals surface area contributed by atoms with Crippen LogP contribution in [0.1, 0.15) is 10.4 Å². The Morgan fingerprint density at radius 3 is 2.70 bits per heavy atom. The van der Waals surface area contributed by atoms with E-state index in [0.29, 0.717) is 16.3 Å². The van der Waals surface area contributed by atoms with Gasteiger partial charge in [-0.3, -0.25) is 4.79 Å². The Morgan fingerprint density at radius 1 is 1.26 bits per heavy atom. The molecule has 0 aliphatic carbocycles. The molecule has 2 aromatic rings. The predicted molar refractivity (Wildman–Crippen MR) is 98.3 cm³/mol. The third-order valence-electron chi connectivity index (χ3n) is 3.50. The third kappa shape index (κ3) is 3.72. The van der Waals surface area contributed by atoms with Crippen LogP contribution < -0.4 is 19.7 Å². The van der Waals surface area contributed by atoms with Gasteiger partial charge >= 0.3 is 0 Å². The maximum absolute atomic E-state index is 12.3. The summed E-state index contributed by atoms with van der Waals surface area (Å²) in [5.74, 6) is -0.145. The first-order valence-electron chi connectivity index (χ1n) is 7.23. The van der Waals surface area contributed by atoms with Crippen LogP contribution in [0, 0.1) is 0 Å². The minimum Gasteiger partial charge on any atom is -0.387 e.